The second kappa shape index (κ2) is 4.85. The lowest BCUT2D eigenvalue weighted by Crippen LogP contribution is -1.93. The molecule has 0 aromatic rings. The van der Waals surface area contributed by atoms with E-state index in [1.807, 2.05) is 13.8 Å². The molecule has 0 bridgehead atoms. The van der Waals surface area contributed by atoms with E-state index >= 15 is 0 Å². The lowest BCUT2D eigenvalue weighted by Gasteiger charge is -1.97. The van der Waals surface area contributed by atoms with Gasteiger partial charge in [-0.1, -0.05) is 11.6 Å². The number of hydrogen-bond donors (Lipinski definition) is 0. The van der Waals surface area contributed by atoms with Gasteiger partial charge in [0.15, 0.2) is 0 Å². The minimum Gasteiger partial charge on any atom is -0.377 e. The van der Waals surface area contributed by atoms with E-state index in [0.717, 1.165) is 13.2 Å². The molecule has 0 aromatic carbocycles. The average Bonchev–Trinajstić information content (AvgIpc) is 1.83. The summed E-state index contributed by atoms with van der Waals surface area (Å²) in [5.41, 5.74) is 1.30. The molecule has 0 N–H and O–H groups in total. The molecule has 0 saturated carbocycles. The van der Waals surface area contributed by atoms with Gasteiger partial charge in [-0.3, -0.25) is 0 Å². The van der Waals surface area contributed by atoms with Gasteiger partial charge in [-0.15, -0.1) is 0 Å². The van der Waals surface area contributed by atoms with Crippen LogP contribution in [-0.4, -0.2) is 13.2 Å². The minimum atomic E-state index is 0.785. The van der Waals surface area contributed by atoms with Crippen molar-refractivity contribution in [2.75, 3.05) is 13.2 Å². The second-order valence-corrected chi connectivity index (χ2v) is 1.77. The summed E-state index contributed by atoms with van der Waals surface area (Å²) < 4.78 is 5.12. The Morgan fingerprint density at radius 1 is 1.62 bits per heavy atom. The summed E-state index contributed by atoms with van der Waals surface area (Å²) in [4.78, 5) is 0. The molecule has 0 aromatic heterocycles. The fraction of sp³-hybridized carbons (Fsp3) is 0.714. The molecular formula is C7H14O. The molecule has 0 aliphatic carbocycles. The van der Waals surface area contributed by atoms with Gasteiger partial charge >= 0.3 is 0 Å². The highest BCUT2D eigenvalue weighted by atomic mass is 16.5. The summed E-state index contributed by atoms with van der Waals surface area (Å²) in [5, 5.41) is 0. The first kappa shape index (κ1) is 7.70. The summed E-state index contributed by atoms with van der Waals surface area (Å²) in [6, 6.07) is 0. The first-order chi connectivity index (χ1) is 3.81. The van der Waals surface area contributed by atoms with Gasteiger partial charge in [0.2, 0.25) is 0 Å². The highest BCUT2D eigenvalue weighted by Crippen LogP contribution is 1.90. The molecule has 1 heteroatoms. The SMILES string of the molecule is C/C=C(\C)COCC. The maximum Gasteiger partial charge on any atom is 0.0673 e. The molecule has 0 heterocycles. The van der Waals surface area contributed by atoms with Gasteiger partial charge in [-0.25, -0.2) is 0 Å². The molecule has 0 saturated heterocycles. The fourth-order valence-electron chi connectivity index (χ4n) is 0.346. The van der Waals surface area contributed by atoms with Crippen molar-refractivity contribution >= 4 is 0 Å². The maximum absolute atomic E-state index is 5.12. The monoisotopic (exact) mass is 114 g/mol. The Labute approximate surface area is 51.4 Å². The summed E-state index contributed by atoms with van der Waals surface area (Å²) in [7, 11) is 0. The Bertz CT molecular complexity index is 74.5. The Kier molecular flexibility index (Phi) is 4.67. The summed E-state index contributed by atoms with van der Waals surface area (Å²) in [6.07, 6.45) is 2.07. The first-order valence-electron chi connectivity index (χ1n) is 3.00. The van der Waals surface area contributed by atoms with Crippen molar-refractivity contribution in [1.29, 1.82) is 0 Å². The molecule has 0 atom stereocenters. The summed E-state index contributed by atoms with van der Waals surface area (Å²) in [5.74, 6) is 0. The molecule has 0 unspecified atom stereocenters. The molecule has 0 spiro atoms. The van der Waals surface area contributed by atoms with E-state index in [4.69, 9.17) is 4.74 Å². The van der Waals surface area contributed by atoms with E-state index in [9.17, 15) is 0 Å². The molecule has 0 aliphatic heterocycles. The molecule has 0 radical (unpaired) electrons. The third-order valence-corrected chi connectivity index (χ3v) is 1.03. The van der Waals surface area contributed by atoms with Crippen LogP contribution in [0.15, 0.2) is 11.6 Å². The van der Waals surface area contributed by atoms with Crippen molar-refractivity contribution in [3.8, 4) is 0 Å². The Hall–Kier alpha value is -0.300. The van der Waals surface area contributed by atoms with Crippen LogP contribution in [0.1, 0.15) is 20.8 Å². The predicted molar refractivity (Wildman–Crippen MR) is 35.9 cm³/mol. The van der Waals surface area contributed by atoms with Gasteiger partial charge < -0.3 is 4.74 Å². The van der Waals surface area contributed by atoms with Gasteiger partial charge in [0.25, 0.3) is 0 Å². The van der Waals surface area contributed by atoms with Crippen LogP contribution >= 0.6 is 0 Å². The molecule has 1 nitrogen and oxygen atoms in total. The zero-order chi connectivity index (χ0) is 6.41. The van der Waals surface area contributed by atoms with Crippen LogP contribution in [0.5, 0.6) is 0 Å². The molecule has 48 valence electrons. The lowest BCUT2D eigenvalue weighted by molar-refractivity contribution is 0.171. The van der Waals surface area contributed by atoms with E-state index < -0.39 is 0 Å². The fourth-order valence-corrected chi connectivity index (χ4v) is 0.346. The van der Waals surface area contributed by atoms with E-state index in [0.29, 0.717) is 0 Å². The van der Waals surface area contributed by atoms with Gasteiger partial charge in [-0.05, 0) is 20.8 Å². The van der Waals surface area contributed by atoms with Crippen LogP contribution < -0.4 is 0 Å². The van der Waals surface area contributed by atoms with E-state index in [1.54, 1.807) is 0 Å². The quantitative estimate of drug-likeness (QED) is 0.510. The standard InChI is InChI=1S/C7H14O/c1-4-7(3)6-8-5-2/h4H,5-6H2,1-3H3/b7-4+. The Balaban J connectivity index is 3.12. The zero-order valence-corrected chi connectivity index (χ0v) is 5.90. The molecule has 0 rings (SSSR count). The van der Waals surface area contributed by atoms with Crippen LogP contribution in [0.4, 0.5) is 0 Å². The minimum absolute atomic E-state index is 0.785. The largest absolute Gasteiger partial charge is 0.377 e. The van der Waals surface area contributed by atoms with Gasteiger partial charge in [0, 0.05) is 6.61 Å². The third kappa shape index (κ3) is 3.88. The normalized spacial score (nSPS) is 12.1. The van der Waals surface area contributed by atoms with E-state index in [1.165, 1.54) is 5.57 Å². The molecule has 0 aliphatic rings. The van der Waals surface area contributed by atoms with Crippen molar-refractivity contribution in [2.45, 2.75) is 20.8 Å². The predicted octanol–water partition coefficient (Wildman–Crippen LogP) is 1.99. The van der Waals surface area contributed by atoms with Crippen LogP contribution in [0.3, 0.4) is 0 Å². The summed E-state index contributed by atoms with van der Waals surface area (Å²) in [6.45, 7) is 7.69. The molecular weight excluding hydrogens is 100 g/mol. The topological polar surface area (TPSA) is 9.23 Å². The second-order valence-electron chi connectivity index (χ2n) is 1.77. The van der Waals surface area contributed by atoms with Crippen LogP contribution in [0.25, 0.3) is 0 Å². The summed E-state index contributed by atoms with van der Waals surface area (Å²) >= 11 is 0. The maximum atomic E-state index is 5.12. The lowest BCUT2D eigenvalue weighted by atomic mass is 10.3. The number of rotatable bonds is 3. The smallest absolute Gasteiger partial charge is 0.0673 e. The van der Waals surface area contributed by atoms with Crippen LogP contribution in [0.2, 0.25) is 0 Å². The zero-order valence-electron chi connectivity index (χ0n) is 5.90. The van der Waals surface area contributed by atoms with Crippen molar-refractivity contribution in [3.63, 3.8) is 0 Å². The molecule has 8 heavy (non-hydrogen) atoms. The number of ether oxygens (including phenoxy) is 1. The first-order valence-corrected chi connectivity index (χ1v) is 3.00. The van der Waals surface area contributed by atoms with Crippen molar-refractivity contribution in [2.24, 2.45) is 0 Å². The molecule has 0 amide bonds. The highest BCUT2D eigenvalue weighted by molar-refractivity contribution is 4.95. The van der Waals surface area contributed by atoms with Crippen molar-refractivity contribution in [3.05, 3.63) is 11.6 Å². The van der Waals surface area contributed by atoms with Crippen molar-refractivity contribution in [1.82, 2.24) is 0 Å². The van der Waals surface area contributed by atoms with Crippen molar-refractivity contribution < 1.29 is 4.74 Å². The number of allylic oxidation sites excluding steroid dienone is 1. The molecule has 0 fully saturated rings. The average molecular weight is 114 g/mol. The Morgan fingerprint density at radius 3 is 2.62 bits per heavy atom. The van der Waals surface area contributed by atoms with Crippen LogP contribution in [0, 0.1) is 0 Å². The number of hydrogen-bond acceptors (Lipinski definition) is 1. The Morgan fingerprint density at radius 2 is 2.25 bits per heavy atom. The van der Waals surface area contributed by atoms with Gasteiger partial charge in [0.05, 0.1) is 6.61 Å². The third-order valence-electron chi connectivity index (χ3n) is 1.03. The highest BCUT2D eigenvalue weighted by Gasteiger charge is 1.82. The van der Waals surface area contributed by atoms with E-state index in [-0.39, 0.29) is 0 Å². The van der Waals surface area contributed by atoms with Gasteiger partial charge in [0.1, 0.15) is 0 Å². The van der Waals surface area contributed by atoms with E-state index in [2.05, 4.69) is 13.0 Å². The van der Waals surface area contributed by atoms with Gasteiger partial charge in [-0.2, -0.15) is 0 Å². The van der Waals surface area contributed by atoms with Crippen LogP contribution in [-0.2, 0) is 4.74 Å².